The van der Waals surface area contributed by atoms with Gasteiger partial charge in [0.15, 0.2) is 0 Å². The fraction of sp³-hybridized carbons (Fsp3) is 0.556. The molecule has 1 unspecified atom stereocenters. The van der Waals surface area contributed by atoms with E-state index in [-0.39, 0.29) is 17.1 Å². The van der Waals surface area contributed by atoms with Crippen molar-refractivity contribution >= 4 is 15.9 Å². The lowest BCUT2D eigenvalue weighted by Crippen LogP contribution is -2.55. The molecule has 0 bridgehead atoms. The molecule has 0 saturated carbocycles. The molecule has 2 aliphatic heterocycles. The van der Waals surface area contributed by atoms with Crippen LogP contribution in [0.2, 0.25) is 0 Å². The number of carbonyl (C=O) groups excluding carboxylic acids is 1. The van der Waals surface area contributed by atoms with Crippen molar-refractivity contribution in [1.82, 2.24) is 14.2 Å². The zero-order valence-electron chi connectivity index (χ0n) is 14.4. The molecule has 2 fully saturated rings. The number of sulfonamides is 1. The Bertz CT molecular complexity index is 735. The van der Waals surface area contributed by atoms with Crippen LogP contribution in [0.15, 0.2) is 37.2 Å². The van der Waals surface area contributed by atoms with Crippen LogP contribution in [0.4, 0.5) is 0 Å². The van der Waals surface area contributed by atoms with E-state index in [0.717, 1.165) is 24.8 Å². The third-order valence-corrected chi connectivity index (χ3v) is 6.97. The molecule has 2 saturated heterocycles. The van der Waals surface area contributed by atoms with E-state index in [0.29, 0.717) is 32.6 Å². The van der Waals surface area contributed by atoms with Crippen LogP contribution in [0.1, 0.15) is 31.2 Å². The Morgan fingerprint density at radius 1 is 1.24 bits per heavy atom. The molecule has 0 radical (unpaired) electrons. The van der Waals surface area contributed by atoms with Gasteiger partial charge in [-0.2, -0.15) is 0 Å². The van der Waals surface area contributed by atoms with E-state index in [1.807, 2.05) is 17.0 Å². The zero-order valence-corrected chi connectivity index (χ0v) is 15.2. The van der Waals surface area contributed by atoms with Crippen LogP contribution in [0.25, 0.3) is 0 Å². The van der Waals surface area contributed by atoms with E-state index in [1.54, 1.807) is 16.7 Å². The maximum atomic E-state index is 12.4. The van der Waals surface area contributed by atoms with Crippen LogP contribution in [-0.2, 0) is 21.4 Å². The van der Waals surface area contributed by atoms with Gasteiger partial charge >= 0.3 is 0 Å². The van der Waals surface area contributed by atoms with Crippen molar-refractivity contribution < 1.29 is 13.2 Å². The maximum Gasteiger partial charge on any atom is 0.222 e. The molecule has 1 aromatic heterocycles. The normalized spacial score (nSPS) is 25.3. The van der Waals surface area contributed by atoms with Crippen LogP contribution in [-0.4, -0.2) is 53.9 Å². The molecule has 0 N–H and O–H groups in total. The summed E-state index contributed by atoms with van der Waals surface area (Å²) in [4.78, 5) is 18.3. The first-order valence-electron chi connectivity index (χ1n) is 8.70. The minimum absolute atomic E-state index is 0.0251. The highest BCUT2D eigenvalue weighted by molar-refractivity contribution is 7.89. The molecule has 3 rings (SSSR count). The number of rotatable bonds is 5. The largest absolute Gasteiger partial charge is 0.338 e. The van der Waals surface area contributed by atoms with Gasteiger partial charge in [-0.3, -0.25) is 9.78 Å². The minimum atomic E-state index is -3.30. The van der Waals surface area contributed by atoms with Gasteiger partial charge in [0.1, 0.15) is 0 Å². The summed E-state index contributed by atoms with van der Waals surface area (Å²) < 4.78 is 26.4. The standard InChI is InChI=1S/C18H25N3O3S/c1-2-12-25(23,24)21-11-3-7-18(15-21)8-4-17(22)20(14-18)13-16-5-9-19-10-6-16/h2,5-6,9-10H,1,3-4,7-8,11-15H2. The van der Waals surface area contributed by atoms with Gasteiger partial charge in [0.05, 0.1) is 5.75 Å². The SMILES string of the molecule is C=CCS(=O)(=O)N1CCCC2(CCC(=O)N(Cc3ccncc3)C2)C1. The third-order valence-electron chi connectivity index (χ3n) is 5.22. The molecule has 25 heavy (non-hydrogen) atoms. The quantitative estimate of drug-likeness (QED) is 0.748. The summed E-state index contributed by atoms with van der Waals surface area (Å²) in [5.74, 6) is 0.122. The summed E-state index contributed by atoms with van der Waals surface area (Å²) in [6.45, 7) is 5.80. The highest BCUT2D eigenvalue weighted by atomic mass is 32.2. The van der Waals surface area contributed by atoms with E-state index in [2.05, 4.69) is 11.6 Å². The first-order chi connectivity index (χ1) is 11.9. The van der Waals surface area contributed by atoms with Crippen LogP contribution >= 0.6 is 0 Å². The third kappa shape index (κ3) is 4.10. The van der Waals surface area contributed by atoms with E-state index in [4.69, 9.17) is 0 Å². The fourth-order valence-electron chi connectivity index (χ4n) is 3.94. The molecular formula is C18H25N3O3S. The summed E-state index contributed by atoms with van der Waals surface area (Å²) in [6, 6.07) is 3.83. The van der Waals surface area contributed by atoms with Gasteiger partial charge < -0.3 is 4.90 Å². The number of nitrogens with zero attached hydrogens (tertiary/aromatic N) is 3. The van der Waals surface area contributed by atoms with Gasteiger partial charge in [-0.05, 0) is 37.0 Å². The molecule has 6 nitrogen and oxygen atoms in total. The number of aromatic nitrogens is 1. The average Bonchev–Trinajstić information content (AvgIpc) is 2.59. The zero-order chi connectivity index (χ0) is 17.9. The molecular weight excluding hydrogens is 338 g/mol. The number of amides is 1. The molecule has 136 valence electrons. The first kappa shape index (κ1) is 18.1. The highest BCUT2D eigenvalue weighted by Crippen LogP contribution is 2.40. The Morgan fingerprint density at radius 2 is 2.00 bits per heavy atom. The van der Waals surface area contributed by atoms with Crippen molar-refractivity contribution in [3.05, 3.63) is 42.7 Å². The molecule has 3 heterocycles. The van der Waals surface area contributed by atoms with Crippen molar-refractivity contribution in [3.63, 3.8) is 0 Å². The predicted molar refractivity (Wildman–Crippen MR) is 96.1 cm³/mol. The summed E-state index contributed by atoms with van der Waals surface area (Å²) in [7, 11) is -3.30. The van der Waals surface area contributed by atoms with Gasteiger partial charge in [0.25, 0.3) is 0 Å². The van der Waals surface area contributed by atoms with Crippen LogP contribution in [0.3, 0.4) is 0 Å². The molecule has 2 aliphatic rings. The summed E-state index contributed by atoms with van der Waals surface area (Å²) in [6.07, 6.45) is 7.95. The van der Waals surface area contributed by atoms with Gasteiger partial charge in [-0.15, -0.1) is 6.58 Å². The average molecular weight is 363 g/mol. The van der Waals surface area contributed by atoms with Crippen molar-refractivity contribution in [2.24, 2.45) is 5.41 Å². The highest BCUT2D eigenvalue weighted by Gasteiger charge is 2.43. The van der Waals surface area contributed by atoms with Crippen molar-refractivity contribution in [1.29, 1.82) is 0 Å². The van der Waals surface area contributed by atoms with Crippen molar-refractivity contribution in [2.45, 2.75) is 32.2 Å². The molecule has 0 aromatic carbocycles. The Morgan fingerprint density at radius 3 is 2.72 bits per heavy atom. The van der Waals surface area contributed by atoms with Crippen molar-refractivity contribution in [3.8, 4) is 0 Å². The number of hydrogen-bond acceptors (Lipinski definition) is 4. The van der Waals surface area contributed by atoms with Gasteiger partial charge in [-0.1, -0.05) is 6.08 Å². The topological polar surface area (TPSA) is 70.6 Å². The molecule has 1 amide bonds. The van der Waals surface area contributed by atoms with Gasteiger partial charge in [0, 0.05) is 50.4 Å². The Balaban J connectivity index is 1.74. The molecule has 0 aliphatic carbocycles. The first-order valence-corrected chi connectivity index (χ1v) is 10.3. The van der Waals surface area contributed by atoms with Crippen LogP contribution in [0, 0.1) is 5.41 Å². The second kappa shape index (κ2) is 7.25. The summed E-state index contributed by atoms with van der Waals surface area (Å²) in [5.41, 5.74) is 0.917. The number of pyridine rings is 1. The van der Waals surface area contributed by atoms with E-state index in [1.165, 1.54) is 6.08 Å². The van der Waals surface area contributed by atoms with Crippen molar-refractivity contribution in [2.75, 3.05) is 25.4 Å². The lowest BCUT2D eigenvalue weighted by Gasteiger charge is -2.47. The second-order valence-corrected chi connectivity index (χ2v) is 9.12. The Hall–Kier alpha value is -1.73. The van der Waals surface area contributed by atoms with E-state index >= 15 is 0 Å². The lowest BCUT2D eigenvalue weighted by molar-refractivity contribution is -0.139. The number of carbonyl (C=O) groups is 1. The Kier molecular flexibility index (Phi) is 5.24. The molecule has 1 atom stereocenters. The second-order valence-electron chi connectivity index (χ2n) is 7.11. The van der Waals surface area contributed by atoms with Gasteiger partial charge in [0.2, 0.25) is 15.9 Å². The molecule has 1 aromatic rings. The number of likely N-dealkylation sites (tertiary alicyclic amines) is 1. The smallest absolute Gasteiger partial charge is 0.222 e. The minimum Gasteiger partial charge on any atom is -0.338 e. The molecule has 1 spiro atoms. The summed E-state index contributed by atoms with van der Waals surface area (Å²) in [5, 5.41) is 0. The monoisotopic (exact) mass is 363 g/mol. The number of piperidine rings is 2. The van der Waals surface area contributed by atoms with Gasteiger partial charge in [-0.25, -0.2) is 12.7 Å². The Labute approximate surface area is 149 Å². The lowest BCUT2D eigenvalue weighted by atomic mass is 9.74. The molecule has 7 heteroatoms. The van der Waals surface area contributed by atoms with Crippen LogP contribution < -0.4 is 0 Å². The number of hydrogen-bond donors (Lipinski definition) is 0. The predicted octanol–water partition coefficient (Wildman–Crippen LogP) is 1.80. The maximum absolute atomic E-state index is 12.4. The summed E-state index contributed by atoms with van der Waals surface area (Å²) >= 11 is 0. The van der Waals surface area contributed by atoms with Crippen LogP contribution in [0.5, 0.6) is 0 Å². The van der Waals surface area contributed by atoms with E-state index < -0.39 is 10.0 Å². The fourth-order valence-corrected chi connectivity index (χ4v) is 5.33. The van der Waals surface area contributed by atoms with E-state index in [9.17, 15) is 13.2 Å².